The van der Waals surface area contributed by atoms with E-state index in [0.717, 1.165) is 12.3 Å². The predicted molar refractivity (Wildman–Crippen MR) is 92.2 cm³/mol. The quantitative estimate of drug-likeness (QED) is 0.753. The van der Waals surface area contributed by atoms with Crippen LogP contribution in [0.5, 0.6) is 5.75 Å². The van der Waals surface area contributed by atoms with Crippen molar-refractivity contribution < 1.29 is 4.74 Å². The van der Waals surface area contributed by atoms with Crippen LogP contribution >= 0.6 is 11.3 Å². The largest absolute Gasteiger partial charge is 0.488 e. The second kappa shape index (κ2) is 8.45. The SMILES string of the molecule is CCNC.c1ccc2c(OCc3ccsc3)cccc2c1. The Bertz CT molecular complexity index is 642. The number of fused-ring (bicyclic) bond motifs is 1. The minimum absolute atomic E-state index is 0.636. The molecule has 2 aromatic carbocycles. The minimum atomic E-state index is 0.636. The highest BCUT2D eigenvalue weighted by molar-refractivity contribution is 7.07. The van der Waals surface area contributed by atoms with Gasteiger partial charge in [0.25, 0.3) is 0 Å². The maximum Gasteiger partial charge on any atom is 0.127 e. The van der Waals surface area contributed by atoms with E-state index in [1.54, 1.807) is 11.3 Å². The number of hydrogen-bond acceptors (Lipinski definition) is 3. The molecule has 0 spiro atoms. The molecule has 0 saturated heterocycles. The Morgan fingerprint density at radius 1 is 1.05 bits per heavy atom. The highest BCUT2D eigenvalue weighted by atomic mass is 32.1. The molecule has 1 heterocycles. The van der Waals surface area contributed by atoms with E-state index in [9.17, 15) is 0 Å². The van der Waals surface area contributed by atoms with Crippen LogP contribution in [0.4, 0.5) is 0 Å². The fraction of sp³-hybridized carbons (Fsp3) is 0.222. The second-order valence-electron chi connectivity index (χ2n) is 4.60. The maximum absolute atomic E-state index is 5.87. The summed E-state index contributed by atoms with van der Waals surface area (Å²) in [6.45, 7) is 3.78. The second-order valence-corrected chi connectivity index (χ2v) is 5.38. The third kappa shape index (κ3) is 4.59. The molecule has 0 radical (unpaired) electrons. The summed E-state index contributed by atoms with van der Waals surface area (Å²) in [7, 11) is 1.93. The summed E-state index contributed by atoms with van der Waals surface area (Å²) in [5, 5.41) is 9.51. The Morgan fingerprint density at radius 3 is 2.52 bits per heavy atom. The number of nitrogens with one attached hydrogen (secondary N) is 1. The van der Waals surface area contributed by atoms with Gasteiger partial charge < -0.3 is 10.1 Å². The molecule has 0 fully saturated rings. The zero-order valence-corrected chi connectivity index (χ0v) is 13.3. The lowest BCUT2D eigenvalue weighted by atomic mass is 10.1. The third-order valence-corrected chi connectivity index (χ3v) is 3.81. The van der Waals surface area contributed by atoms with Crippen LogP contribution < -0.4 is 10.1 Å². The van der Waals surface area contributed by atoms with Crippen LogP contribution in [0.2, 0.25) is 0 Å². The monoisotopic (exact) mass is 299 g/mol. The van der Waals surface area contributed by atoms with Crippen molar-refractivity contribution in [3.63, 3.8) is 0 Å². The van der Waals surface area contributed by atoms with Gasteiger partial charge >= 0.3 is 0 Å². The molecule has 0 aliphatic carbocycles. The van der Waals surface area contributed by atoms with Crippen molar-refractivity contribution in [1.82, 2.24) is 5.32 Å². The Balaban J connectivity index is 0.000000361. The molecule has 21 heavy (non-hydrogen) atoms. The first kappa shape index (κ1) is 15.5. The molecule has 0 unspecified atom stereocenters. The predicted octanol–water partition coefficient (Wildman–Crippen LogP) is 4.71. The smallest absolute Gasteiger partial charge is 0.127 e. The van der Waals surface area contributed by atoms with Crippen molar-refractivity contribution in [3.8, 4) is 5.75 Å². The van der Waals surface area contributed by atoms with Crippen molar-refractivity contribution in [2.75, 3.05) is 13.6 Å². The molecular weight excluding hydrogens is 278 g/mol. The van der Waals surface area contributed by atoms with Gasteiger partial charge in [-0.3, -0.25) is 0 Å². The molecule has 3 rings (SSSR count). The van der Waals surface area contributed by atoms with Gasteiger partial charge in [0.15, 0.2) is 0 Å². The lowest BCUT2D eigenvalue weighted by molar-refractivity contribution is 0.310. The van der Waals surface area contributed by atoms with Crippen molar-refractivity contribution >= 4 is 22.1 Å². The van der Waals surface area contributed by atoms with Crippen molar-refractivity contribution in [3.05, 3.63) is 64.9 Å². The number of benzene rings is 2. The Morgan fingerprint density at radius 2 is 1.81 bits per heavy atom. The van der Waals surface area contributed by atoms with Gasteiger partial charge in [0.05, 0.1) is 0 Å². The molecule has 0 amide bonds. The van der Waals surface area contributed by atoms with E-state index in [4.69, 9.17) is 4.74 Å². The topological polar surface area (TPSA) is 21.3 Å². The normalized spacial score (nSPS) is 10.0. The number of hydrogen-bond donors (Lipinski definition) is 1. The van der Waals surface area contributed by atoms with E-state index < -0.39 is 0 Å². The maximum atomic E-state index is 5.87. The minimum Gasteiger partial charge on any atom is -0.488 e. The van der Waals surface area contributed by atoms with Crippen LogP contribution in [0.25, 0.3) is 10.8 Å². The molecule has 0 aliphatic rings. The molecule has 0 bridgehead atoms. The van der Waals surface area contributed by atoms with Crippen LogP contribution in [-0.2, 0) is 6.61 Å². The summed E-state index contributed by atoms with van der Waals surface area (Å²) in [6.07, 6.45) is 0. The lowest BCUT2D eigenvalue weighted by Gasteiger charge is -2.08. The molecule has 0 aliphatic heterocycles. The van der Waals surface area contributed by atoms with Gasteiger partial charge in [0, 0.05) is 5.39 Å². The molecule has 0 atom stereocenters. The average molecular weight is 299 g/mol. The van der Waals surface area contributed by atoms with Gasteiger partial charge in [-0.25, -0.2) is 0 Å². The Hall–Kier alpha value is -1.84. The summed E-state index contributed by atoms with van der Waals surface area (Å²) in [6, 6.07) is 16.5. The zero-order valence-electron chi connectivity index (χ0n) is 12.5. The van der Waals surface area contributed by atoms with Gasteiger partial charge in [0.2, 0.25) is 0 Å². The Kier molecular flexibility index (Phi) is 6.25. The van der Waals surface area contributed by atoms with Crippen molar-refractivity contribution in [2.24, 2.45) is 0 Å². The van der Waals surface area contributed by atoms with Gasteiger partial charge in [-0.1, -0.05) is 43.3 Å². The van der Waals surface area contributed by atoms with E-state index in [1.165, 1.54) is 16.3 Å². The molecule has 110 valence electrons. The number of thiophene rings is 1. The molecule has 3 aromatic rings. The van der Waals surface area contributed by atoms with Crippen molar-refractivity contribution in [1.29, 1.82) is 0 Å². The molecule has 0 saturated carbocycles. The van der Waals surface area contributed by atoms with Gasteiger partial charge in [-0.05, 0) is 47.4 Å². The third-order valence-electron chi connectivity index (χ3n) is 3.08. The van der Waals surface area contributed by atoms with Gasteiger partial charge in [-0.15, -0.1) is 0 Å². The van der Waals surface area contributed by atoms with Crippen LogP contribution in [0.15, 0.2) is 59.3 Å². The van der Waals surface area contributed by atoms with Crippen molar-refractivity contribution in [2.45, 2.75) is 13.5 Å². The van der Waals surface area contributed by atoms with E-state index in [-0.39, 0.29) is 0 Å². The highest BCUT2D eigenvalue weighted by Gasteiger charge is 2.01. The number of ether oxygens (including phenoxy) is 1. The Labute approximate surface area is 130 Å². The summed E-state index contributed by atoms with van der Waals surface area (Å²) in [4.78, 5) is 0. The summed E-state index contributed by atoms with van der Waals surface area (Å²) in [5.74, 6) is 0.953. The van der Waals surface area contributed by atoms with E-state index in [1.807, 2.05) is 31.3 Å². The van der Waals surface area contributed by atoms with Gasteiger partial charge in [-0.2, -0.15) is 11.3 Å². The van der Waals surface area contributed by atoms with Gasteiger partial charge in [0.1, 0.15) is 12.4 Å². The molecular formula is C18H21NOS. The first-order valence-corrected chi connectivity index (χ1v) is 8.05. The highest BCUT2D eigenvalue weighted by Crippen LogP contribution is 2.26. The fourth-order valence-corrected chi connectivity index (χ4v) is 2.51. The molecule has 3 heteroatoms. The average Bonchev–Trinajstić information content (AvgIpc) is 3.06. The standard InChI is InChI=1S/C15H12OS.C3H9N/c1-2-6-14-13(4-1)5-3-7-15(14)16-10-12-8-9-17-11-12;1-3-4-2/h1-9,11H,10H2;4H,3H2,1-2H3. The molecule has 1 N–H and O–H groups in total. The summed E-state index contributed by atoms with van der Waals surface area (Å²) in [5.41, 5.74) is 1.22. The first-order valence-electron chi connectivity index (χ1n) is 7.11. The zero-order chi connectivity index (χ0) is 14.9. The van der Waals surface area contributed by atoms with E-state index in [0.29, 0.717) is 6.61 Å². The van der Waals surface area contributed by atoms with E-state index in [2.05, 4.69) is 47.3 Å². The molecule has 2 nitrogen and oxygen atoms in total. The van der Waals surface area contributed by atoms with Crippen LogP contribution in [-0.4, -0.2) is 13.6 Å². The summed E-state index contributed by atoms with van der Waals surface area (Å²) < 4.78 is 5.87. The molecule has 1 aromatic heterocycles. The first-order chi connectivity index (χ1) is 10.3. The lowest BCUT2D eigenvalue weighted by Crippen LogP contribution is -2.01. The fourth-order valence-electron chi connectivity index (χ4n) is 1.86. The van der Waals surface area contributed by atoms with Crippen LogP contribution in [0.1, 0.15) is 12.5 Å². The van der Waals surface area contributed by atoms with Crippen LogP contribution in [0.3, 0.4) is 0 Å². The van der Waals surface area contributed by atoms with Crippen LogP contribution in [0, 0.1) is 0 Å². The number of rotatable bonds is 4. The van der Waals surface area contributed by atoms with E-state index >= 15 is 0 Å². The summed E-state index contributed by atoms with van der Waals surface area (Å²) >= 11 is 1.70.